The molecule has 2 N–H and O–H groups in total. The van der Waals surface area contributed by atoms with Crippen molar-refractivity contribution in [3.05, 3.63) is 64.1 Å². The normalized spacial score (nSPS) is 11.0. The summed E-state index contributed by atoms with van der Waals surface area (Å²) < 4.78 is 18.8. The Morgan fingerprint density at radius 3 is 2.48 bits per heavy atom. The van der Waals surface area contributed by atoms with Gasteiger partial charge in [-0.2, -0.15) is 0 Å². The van der Waals surface area contributed by atoms with E-state index >= 15 is 0 Å². The molecule has 0 aliphatic heterocycles. The van der Waals surface area contributed by atoms with Crippen LogP contribution in [0.15, 0.2) is 40.9 Å². The van der Waals surface area contributed by atoms with Gasteiger partial charge in [0.25, 0.3) is 0 Å². The van der Waals surface area contributed by atoms with Crippen LogP contribution in [0.3, 0.4) is 0 Å². The molecule has 2 aromatic carbocycles. The highest BCUT2D eigenvalue weighted by Crippen LogP contribution is 2.38. The summed E-state index contributed by atoms with van der Waals surface area (Å²) in [6.45, 7) is 4.16. The van der Waals surface area contributed by atoms with Crippen LogP contribution >= 0.6 is 11.6 Å². The maximum Gasteiger partial charge on any atom is 0.175 e. The van der Waals surface area contributed by atoms with Crippen LogP contribution in [0.4, 0.5) is 4.39 Å². The summed E-state index contributed by atoms with van der Waals surface area (Å²) in [7, 11) is 0. The quantitative estimate of drug-likeness (QED) is 0.744. The molecular formula is C18H16ClFN2O. The smallest absolute Gasteiger partial charge is 0.175 e. The van der Waals surface area contributed by atoms with Crippen LogP contribution < -0.4 is 5.73 Å². The average molecular weight is 331 g/mol. The first-order chi connectivity index (χ1) is 11.0. The highest BCUT2D eigenvalue weighted by Gasteiger charge is 2.20. The standard InChI is InChI=1S/C18H16ClFN2O/c1-10-7-11(2)15(19)8-14(10)18-17(16(9-21)22-23-18)12-3-5-13(20)6-4-12/h3-8H,9,21H2,1-2H3. The predicted molar refractivity (Wildman–Crippen MR) is 89.7 cm³/mol. The first-order valence-corrected chi connectivity index (χ1v) is 7.60. The van der Waals surface area contributed by atoms with Crippen LogP contribution in [0, 0.1) is 19.7 Å². The molecule has 3 aromatic rings. The van der Waals surface area contributed by atoms with Gasteiger partial charge in [-0.05, 0) is 48.7 Å². The number of halogens is 2. The lowest BCUT2D eigenvalue weighted by Crippen LogP contribution is -1.98. The highest BCUT2D eigenvalue weighted by atomic mass is 35.5. The van der Waals surface area contributed by atoms with Crippen LogP contribution in [0.2, 0.25) is 5.02 Å². The molecule has 0 atom stereocenters. The predicted octanol–water partition coefficient (Wildman–Crippen LogP) is 4.88. The maximum absolute atomic E-state index is 13.2. The van der Waals surface area contributed by atoms with Crippen molar-refractivity contribution >= 4 is 11.6 Å². The number of aryl methyl sites for hydroxylation is 2. The Morgan fingerprint density at radius 2 is 1.83 bits per heavy atom. The second-order valence-corrected chi connectivity index (χ2v) is 5.87. The molecule has 0 saturated carbocycles. The van der Waals surface area contributed by atoms with E-state index in [0.29, 0.717) is 16.5 Å². The molecule has 0 aliphatic carbocycles. The van der Waals surface area contributed by atoms with Crippen molar-refractivity contribution in [1.29, 1.82) is 0 Å². The number of hydrogen-bond acceptors (Lipinski definition) is 3. The molecule has 0 aliphatic rings. The van der Waals surface area contributed by atoms with Crippen molar-refractivity contribution < 1.29 is 8.91 Å². The third kappa shape index (κ3) is 2.87. The van der Waals surface area contributed by atoms with E-state index in [1.807, 2.05) is 26.0 Å². The Kier molecular flexibility index (Phi) is 4.20. The molecule has 0 bridgehead atoms. The lowest BCUT2D eigenvalue weighted by atomic mass is 9.96. The number of benzene rings is 2. The number of aromatic nitrogens is 1. The fourth-order valence-corrected chi connectivity index (χ4v) is 2.79. The molecule has 1 heterocycles. The molecule has 0 radical (unpaired) electrons. The Hall–Kier alpha value is -2.17. The number of hydrogen-bond donors (Lipinski definition) is 1. The molecule has 0 unspecified atom stereocenters. The fourth-order valence-electron chi connectivity index (χ4n) is 2.63. The van der Waals surface area contributed by atoms with E-state index in [0.717, 1.165) is 27.8 Å². The van der Waals surface area contributed by atoms with Gasteiger partial charge in [0.05, 0.1) is 5.56 Å². The summed E-state index contributed by atoms with van der Waals surface area (Å²) in [6, 6.07) is 10.0. The molecule has 0 saturated heterocycles. The minimum Gasteiger partial charge on any atom is -0.355 e. The van der Waals surface area contributed by atoms with Crippen molar-refractivity contribution in [1.82, 2.24) is 5.16 Å². The maximum atomic E-state index is 13.2. The Labute approximate surface area is 138 Å². The Balaban J connectivity index is 2.24. The van der Waals surface area contributed by atoms with Gasteiger partial charge in [-0.3, -0.25) is 0 Å². The molecule has 5 heteroatoms. The van der Waals surface area contributed by atoms with Crippen LogP contribution in [-0.4, -0.2) is 5.16 Å². The SMILES string of the molecule is Cc1cc(C)c(-c2onc(CN)c2-c2ccc(F)cc2)cc1Cl. The van der Waals surface area contributed by atoms with Crippen LogP contribution in [0.1, 0.15) is 16.8 Å². The first-order valence-electron chi connectivity index (χ1n) is 7.23. The van der Waals surface area contributed by atoms with Crippen molar-refractivity contribution in [3.8, 4) is 22.5 Å². The lowest BCUT2D eigenvalue weighted by Gasteiger charge is -2.09. The van der Waals surface area contributed by atoms with E-state index in [9.17, 15) is 4.39 Å². The summed E-state index contributed by atoms with van der Waals surface area (Å²) in [5.74, 6) is 0.298. The molecular weight excluding hydrogens is 315 g/mol. The average Bonchev–Trinajstić information content (AvgIpc) is 2.95. The van der Waals surface area contributed by atoms with Gasteiger partial charge in [-0.15, -0.1) is 0 Å². The van der Waals surface area contributed by atoms with Gasteiger partial charge in [-0.25, -0.2) is 4.39 Å². The zero-order valence-corrected chi connectivity index (χ0v) is 13.6. The molecule has 118 valence electrons. The van der Waals surface area contributed by atoms with Crippen LogP contribution in [-0.2, 0) is 6.54 Å². The van der Waals surface area contributed by atoms with E-state index < -0.39 is 0 Å². The second kappa shape index (κ2) is 6.14. The summed E-state index contributed by atoms with van der Waals surface area (Å²) in [5.41, 5.74) is 10.9. The van der Waals surface area contributed by atoms with Crippen molar-refractivity contribution in [3.63, 3.8) is 0 Å². The van der Waals surface area contributed by atoms with E-state index in [4.69, 9.17) is 21.9 Å². The molecule has 3 nitrogen and oxygen atoms in total. The zero-order valence-electron chi connectivity index (χ0n) is 12.9. The monoisotopic (exact) mass is 330 g/mol. The molecule has 23 heavy (non-hydrogen) atoms. The molecule has 1 aromatic heterocycles. The third-order valence-electron chi connectivity index (χ3n) is 3.84. The molecule has 3 rings (SSSR count). The van der Waals surface area contributed by atoms with Gasteiger partial charge in [-0.1, -0.05) is 35.0 Å². The molecule has 0 amide bonds. The van der Waals surface area contributed by atoms with Gasteiger partial charge in [0.1, 0.15) is 11.5 Å². The Bertz CT molecular complexity index is 856. The largest absolute Gasteiger partial charge is 0.355 e. The summed E-state index contributed by atoms with van der Waals surface area (Å²) in [5, 5.41) is 4.72. The Morgan fingerprint density at radius 1 is 1.13 bits per heavy atom. The van der Waals surface area contributed by atoms with Gasteiger partial charge < -0.3 is 10.3 Å². The van der Waals surface area contributed by atoms with Crippen molar-refractivity contribution in [2.24, 2.45) is 5.73 Å². The van der Waals surface area contributed by atoms with Gasteiger partial charge in [0, 0.05) is 17.1 Å². The van der Waals surface area contributed by atoms with Crippen LogP contribution in [0.25, 0.3) is 22.5 Å². The fraction of sp³-hybridized carbons (Fsp3) is 0.167. The number of rotatable bonds is 3. The summed E-state index contributed by atoms with van der Waals surface area (Å²) in [4.78, 5) is 0. The second-order valence-electron chi connectivity index (χ2n) is 5.46. The number of nitrogens with zero attached hydrogens (tertiary/aromatic N) is 1. The topological polar surface area (TPSA) is 52.0 Å². The van der Waals surface area contributed by atoms with E-state index in [1.165, 1.54) is 12.1 Å². The van der Waals surface area contributed by atoms with E-state index in [2.05, 4.69) is 5.16 Å². The van der Waals surface area contributed by atoms with Gasteiger partial charge in [0.2, 0.25) is 0 Å². The third-order valence-corrected chi connectivity index (χ3v) is 4.25. The van der Waals surface area contributed by atoms with E-state index in [1.54, 1.807) is 12.1 Å². The van der Waals surface area contributed by atoms with Gasteiger partial charge in [0.15, 0.2) is 5.76 Å². The summed E-state index contributed by atoms with van der Waals surface area (Å²) in [6.07, 6.45) is 0. The molecule has 0 spiro atoms. The lowest BCUT2D eigenvalue weighted by molar-refractivity contribution is 0.424. The van der Waals surface area contributed by atoms with E-state index in [-0.39, 0.29) is 12.4 Å². The van der Waals surface area contributed by atoms with Crippen molar-refractivity contribution in [2.75, 3.05) is 0 Å². The molecule has 0 fully saturated rings. The first kappa shape index (κ1) is 15.7. The van der Waals surface area contributed by atoms with Gasteiger partial charge >= 0.3 is 0 Å². The highest BCUT2D eigenvalue weighted by molar-refractivity contribution is 6.31. The van der Waals surface area contributed by atoms with Crippen LogP contribution in [0.5, 0.6) is 0 Å². The zero-order chi connectivity index (χ0) is 16.6. The summed E-state index contributed by atoms with van der Waals surface area (Å²) >= 11 is 6.26. The minimum absolute atomic E-state index is 0.231. The van der Waals surface area contributed by atoms with Crippen molar-refractivity contribution in [2.45, 2.75) is 20.4 Å². The number of nitrogens with two attached hydrogens (primary N) is 1. The minimum atomic E-state index is -0.296.